The van der Waals surface area contributed by atoms with Gasteiger partial charge in [0.15, 0.2) is 5.84 Å². The van der Waals surface area contributed by atoms with Gasteiger partial charge in [0.05, 0.1) is 6.20 Å². The van der Waals surface area contributed by atoms with Gasteiger partial charge in [-0.1, -0.05) is 40.3 Å². The van der Waals surface area contributed by atoms with Crippen molar-refractivity contribution in [1.82, 2.24) is 9.78 Å². The quantitative estimate of drug-likeness (QED) is 0.558. The Hall–Kier alpha value is -1.64. The molecule has 0 spiro atoms. The number of rotatable bonds is 2. The van der Waals surface area contributed by atoms with Gasteiger partial charge in [-0.25, -0.2) is 9.67 Å². The summed E-state index contributed by atoms with van der Waals surface area (Å²) in [6, 6.07) is 0. The lowest BCUT2D eigenvalue weighted by molar-refractivity contribution is 0.937. The molecule has 0 aliphatic rings. The van der Waals surface area contributed by atoms with E-state index < -0.39 is 0 Å². The van der Waals surface area contributed by atoms with Gasteiger partial charge < -0.3 is 0 Å². The number of aryl methyl sites for hydroxylation is 1. The monoisotopic (exact) mass is 235 g/mol. The van der Waals surface area contributed by atoms with Crippen molar-refractivity contribution in [2.24, 2.45) is 4.99 Å². The molecule has 0 bridgehead atoms. The van der Waals surface area contributed by atoms with Gasteiger partial charge in [-0.3, -0.25) is 0 Å². The summed E-state index contributed by atoms with van der Waals surface area (Å²) in [7, 11) is 0. The molecule has 0 aromatic carbocycles. The normalized spacial score (nSPS) is 10.1. The Morgan fingerprint density at radius 2 is 1.94 bits per heavy atom. The molecular formula is C14H25N3. The lowest BCUT2D eigenvalue weighted by atomic mass is 10.4. The van der Waals surface area contributed by atoms with Crippen LogP contribution in [0.2, 0.25) is 0 Å². The molecule has 0 saturated heterocycles. The fourth-order valence-electron chi connectivity index (χ4n) is 0.894. The van der Waals surface area contributed by atoms with E-state index in [1.54, 1.807) is 23.2 Å². The zero-order chi connectivity index (χ0) is 13.7. The summed E-state index contributed by atoms with van der Waals surface area (Å²) in [5.41, 5.74) is 1.11. The predicted molar refractivity (Wildman–Crippen MR) is 77.5 cm³/mol. The van der Waals surface area contributed by atoms with E-state index in [9.17, 15) is 0 Å². The first kappa shape index (κ1) is 17.7. The van der Waals surface area contributed by atoms with Gasteiger partial charge in [-0.05, 0) is 25.5 Å². The smallest absolute Gasteiger partial charge is 0.152 e. The molecule has 3 nitrogen and oxygen atoms in total. The van der Waals surface area contributed by atoms with Crippen LogP contribution in [0.1, 0.15) is 40.2 Å². The summed E-state index contributed by atoms with van der Waals surface area (Å²) in [6.07, 6.45) is 8.94. The van der Waals surface area contributed by atoms with Crippen molar-refractivity contribution in [1.29, 1.82) is 0 Å². The number of nitrogens with zero attached hydrogens (tertiary/aromatic N) is 3. The second kappa shape index (κ2) is 12.4. The van der Waals surface area contributed by atoms with Gasteiger partial charge in [0.1, 0.15) is 0 Å². The lowest BCUT2D eigenvalue weighted by Crippen LogP contribution is -2.08. The average Bonchev–Trinajstić information content (AvgIpc) is 2.82. The first-order chi connectivity index (χ1) is 8.27. The average molecular weight is 235 g/mol. The van der Waals surface area contributed by atoms with E-state index in [0.717, 1.165) is 11.4 Å². The molecule has 1 aromatic rings. The van der Waals surface area contributed by atoms with Crippen LogP contribution >= 0.6 is 0 Å². The molecule has 1 heterocycles. The maximum Gasteiger partial charge on any atom is 0.152 e. The highest BCUT2D eigenvalue weighted by Gasteiger charge is 1.96. The highest BCUT2D eigenvalue weighted by molar-refractivity contribution is 5.94. The largest absolute Gasteiger partial charge is 0.238 e. The van der Waals surface area contributed by atoms with Crippen LogP contribution in [-0.2, 0) is 0 Å². The first-order valence-electron chi connectivity index (χ1n) is 6.11. The second-order valence-electron chi connectivity index (χ2n) is 2.64. The van der Waals surface area contributed by atoms with Crippen molar-refractivity contribution in [3.8, 4) is 0 Å². The van der Waals surface area contributed by atoms with Gasteiger partial charge in [0, 0.05) is 12.4 Å². The number of aromatic nitrogens is 2. The molecule has 1 rings (SSSR count). The fraction of sp³-hybridized carbons (Fsp3) is 0.429. The number of allylic oxidation sites excluding steroid dienone is 2. The summed E-state index contributed by atoms with van der Waals surface area (Å²) >= 11 is 0. The van der Waals surface area contributed by atoms with Crippen LogP contribution in [0.25, 0.3) is 0 Å². The molecule has 0 saturated carbocycles. The van der Waals surface area contributed by atoms with E-state index >= 15 is 0 Å². The van der Waals surface area contributed by atoms with Crippen molar-refractivity contribution in [3.05, 3.63) is 42.9 Å². The summed E-state index contributed by atoms with van der Waals surface area (Å²) < 4.78 is 1.70. The molecule has 0 unspecified atom stereocenters. The van der Waals surface area contributed by atoms with E-state index in [-0.39, 0.29) is 0 Å². The van der Waals surface area contributed by atoms with E-state index in [0.29, 0.717) is 0 Å². The maximum absolute atomic E-state index is 4.16. The van der Waals surface area contributed by atoms with Crippen LogP contribution in [0, 0.1) is 6.92 Å². The van der Waals surface area contributed by atoms with Crippen molar-refractivity contribution in [3.63, 3.8) is 0 Å². The van der Waals surface area contributed by atoms with Crippen LogP contribution in [0.5, 0.6) is 0 Å². The highest BCUT2D eigenvalue weighted by atomic mass is 15.3. The molecule has 3 heteroatoms. The zero-order valence-electron chi connectivity index (χ0n) is 11.9. The minimum Gasteiger partial charge on any atom is -0.238 e. The molecule has 0 atom stereocenters. The number of hydrogen-bond acceptors (Lipinski definition) is 2. The van der Waals surface area contributed by atoms with E-state index in [1.165, 1.54) is 0 Å². The molecular weight excluding hydrogens is 210 g/mol. The third-order valence-electron chi connectivity index (χ3n) is 1.48. The topological polar surface area (TPSA) is 30.2 Å². The zero-order valence-corrected chi connectivity index (χ0v) is 11.9. The SMILES string of the molecule is C=CC(=N/C=C\C)n1cc(C)cn1.CC.CC. The van der Waals surface area contributed by atoms with Crippen molar-refractivity contribution < 1.29 is 0 Å². The molecule has 0 fully saturated rings. The van der Waals surface area contributed by atoms with Crippen LogP contribution in [0.15, 0.2) is 42.3 Å². The van der Waals surface area contributed by atoms with E-state index in [4.69, 9.17) is 0 Å². The van der Waals surface area contributed by atoms with E-state index in [1.807, 2.05) is 53.8 Å². The Bertz CT molecular complexity index is 346. The van der Waals surface area contributed by atoms with E-state index in [2.05, 4.69) is 16.7 Å². The fourth-order valence-corrected chi connectivity index (χ4v) is 0.894. The van der Waals surface area contributed by atoms with Gasteiger partial charge >= 0.3 is 0 Å². The Morgan fingerprint density at radius 3 is 2.29 bits per heavy atom. The first-order valence-corrected chi connectivity index (χ1v) is 6.11. The van der Waals surface area contributed by atoms with Gasteiger partial charge in [0.2, 0.25) is 0 Å². The molecule has 96 valence electrons. The minimum absolute atomic E-state index is 0.728. The van der Waals surface area contributed by atoms with Crippen LogP contribution in [0.4, 0.5) is 0 Å². The summed E-state index contributed by atoms with van der Waals surface area (Å²) in [5, 5.41) is 4.12. The molecule has 1 aromatic heterocycles. The summed E-state index contributed by atoms with van der Waals surface area (Å²) in [4.78, 5) is 4.16. The van der Waals surface area contributed by atoms with Gasteiger partial charge in [0.25, 0.3) is 0 Å². The third kappa shape index (κ3) is 7.28. The Labute approximate surface area is 106 Å². The molecule has 0 aliphatic carbocycles. The summed E-state index contributed by atoms with van der Waals surface area (Å²) in [5.74, 6) is 0.728. The van der Waals surface area contributed by atoms with Crippen LogP contribution in [0.3, 0.4) is 0 Å². The molecule has 0 amide bonds. The second-order valence-corrected chi connectivity index (χ2v) is 2.64. The molecule has 0 N–H and O–H groups in total. The number of aliphatic imine (C=N–C) groups is 1. The number of hydrogen-bond donors (Lipinski definition) is 0. The molecule has 0 radical (unpaired) electrons. The predicted octanol–water partition coefficient (Wildman–Crippen LogP) is 4.21. The Kier molecular flexibility index (Phi) is 13.0. The Balaban J connectivity index is 0. The van der Waals surface area contributed by atoms with Gasteiger partial charge in [-0.15, -0.1) is 0 Å². The van der Waals surface area contributed by atoms with Crippen molar-refractivity contribution in [2.45, 2.75) is 41.5 Å². The van der Waals surface area contributed by atoms with Crippen LogP contribution < -0.4 is 0 Å². The third-order valence-corrected chi connectivity index (χ3v) is 1.48. The van der Waals surface area contributed by atoms with Crippen molar-refractivity contribution in [2.75, 3.05) is 0 Å². The van der Waals surface area contributed by atoms with Gasteiger partial charge in [-0.2, -0.15) is 5.10 Å². The standard InChI is InChI=1S/C10H13N3.2C2H6/c1-4-6-11-10(5-2)13-8-9(3)7-12-13;2*1-2/h4-8H,2H2,1,3H3;2*1-2H3/b6-4-,11-10?;;. The van der Waals surface area contributed by atoms with Crippen molar-refractivity contribution >= 4 is 5.84 Å². The molecule has 17 heavy (non-hydrogen) atoms. The molecule has 0 aliphatic heterocycles. The minimum atomic E-state index is 0.728. The Morgan fingerprint density at radius 1 is 1.35 bits per heavy atom. The van der Waals surface area contributed by atoms with Crippen LogP contribution in [-0.4, -0.2) is 15.6 Å². The summed E-state index contributed by atoms with van der Waals surface area (Å²) in [6.45, 7) is 15.6. The maximum atomic E-state index is 4.16. The lowest BCUT2D eigenvalue weighted by Gasteiger charge is -1.97. The highest BCUT2D eigenvalue weighted by Crippen LogP contribution is 1.95.